The molecule has 0 unspecified atom stereocenters. The van der Waals surface area contributed by atoms with Gasteiger partial charge >= 0.3 is 5.97 Å². The van der Waals surface area contributed by atoms with Gasteiger partial charge in [-0.15, -0.1) is 0 Å². The van der Waals surface area contributed by atoms with Gasteiger partial charge in [0.2, 0.25) is 0 Å². The molecule has 200 valence electrons. The molecule has 2 aliphatic rings. The number of carbonyl (C=O) groups is 1. The molecule has 0 radical (unpaired) electrons. The lowest BCUT2D eigenvalue weighted by atomic mass is 9.98. The van der Waals surface area contributed by atoms with E-state index < -0.39 is 80.6 Å². The first-order valence-electron chi connectivity index (χ1n) is 11.9. The van der Waals surface area contributed by atoms with Crippen LogP contribution in [0, 0.1) is 5.92 Å². The van der Waals surface area contributed by atoms with Crippen LogP contribution in [0.4, 0.5) is 0 Å². The van der Waals surface area contributed by atoms with Crippen LogP contribution in [0.5, 0.6) is 0 Å². The third-order valence-electron chi connectivity index (χ3n) is 6.11. The van der Waals surface area contributed by atoms with E-state index >= 15 is 0 Å². The normalized spacial score (nSPS) is 38.8. The predicted molar refractivity (Wildman–Crippen MR) is 115 cm³/mol. The van der Waals surface area contributed by atoms with Crippen molar-refractivity contribution < 1.29 is 59.5 Å². The van der Waals surface area contributed by atoms with Crippen LogP contribution in [0.1, 0.15) is 52.4 Å². The van der Waals surface area contributed by atoms with Crippen molar-refractivity contribution in [2.75, 3.05) is 13.2 Å². The van der Waals surface area contributed by atoms with E-state index in [1.54, 1.807) is 0 Å². The summed E-state index contributed by atoms with van der Waals surface area (Å²) < 4.78 is 21.1. The zero-order valence-electron chi connectivity index (χ0n) is 19.7. The molecule has 2 fully saturated rings. The van der Waals surface area contributed by atoms with Crippen molar-refractivity contribution in [2.24, 2.45) is 5.92 Å². The zero-order chi connectivity index (χ0) is 25.4. The molecule has 7 N–H and O–H groups in total. The lowest BCUT2D eigenvalue weighted by molar-refractivity contribution is -0.376. The van der Waals surface area contributed by atoms with Gasteiger partial charge < -0.3 is 54.7 Å². The van der Waals surface area contributed by atoms with Gasteiger partial charge in [0.15, 0.2) is 12.6 Å². The number of hydrogen-bond acceptors (Lipinski definition) is 12. The standard InChI is InChI=1S/C22H40O12/c1-11(2)7-5-3-4-6-8-14(24)31-10-13-16(26)18(28)20(30)22(33-13)34-21-19(29)17(27)15(25)12(9-23)32-21/h11-13,15-23,25-30H,3-10H2,1-2H3/t12-,13-,15-,16-,17+,18+,19-,20-,21+,22+/m1/s1. The Balaban J connectivity index is 1.84. The molecule has 10 atom stereocenters. The van der Waals surface area contributed by atoms with Gasteiger partial charge in [0.1, 0.15) is 55.4 Å². The van der Waals surface area contributed by atoms with Gasteiger partial charge in [-0.1, -0.05) is 39.5 Å². The highest BCUT2D eigenvalue weighted by Gasteiger charge is 2.49. The topological polar surface area (TPSA) is 196 Å². The van der Waals surface area contributed by atoms with Gasteiger partial charge in [-0.3, -0.25) is 4.79 Å². The van der Waals surface area contributed by atoms with Crippen molar-refractivity contribution in [2.45, 2.75) is 114 Å². The first kappa shape index (κ1) is 29.3. The van der Waals surface area contributed by atoms with E-state index in [2.05, 4.69) is 13.8 Å². The minimum absolute atomic E-state index is 0.195. The summed E-state index contributed by atoms with van der Waals surface area (Å²) in [5.41, 5.74) is 0. The highest BCUT2D eigenvalue weighted by Crippen LogP contribution is 2.28. The SMILES string of the molecule is CC(C)CCCCCCC(=O)OC[C@H]1O[C@@H](O[C@@H]2O[C@H](CO)[C@@H](O)[C@H](O)[C@H]2O)[C@H](O)[C@@H](O)[C@@H]1O. The van der Waals surface area contributed by atoms with E-state index in [1.807, 2.05) is 0 Å². The molecule has 12 heteroatoms. The van der Waals surface area contributed by atoms with Crippen molar-refractivity contribution in [3.8, 4) is 0 Å². The molecular weight excluding hydrogens is 456 g/mol. The Kier molecular flexibility index (Phi) is 12.0. The van der Waals surface area contributed by atoms with E-state index in [9.17, 15) is 40.5 Å². The fraction of sp³-hybridized carbons (Fsp3) is 0.955. The Morgan fingerprint density at radius 2 is 1.29 bits per heavy atom. The summed E-state index contributed by atoms with van der Waals surface area (Å²) in [6, 6.07) is 0. The summed E-state index contributed by atoms with van der Waals surface area (Å²) in [5, 5.41) is 69.7. The van der Waals surface area contributed by atoms with E-state index in [0.29, 0.717) is 12.3 Å². The summed E-state index contributed by atoms with van der Waals surface area (Å²) >= 11 is 0. The Hall–Kier alpha value is -0.930. The van der Waals surface area contributed by atoms with Gasteiger partial charge in [-0.2, -0.15) is 0 Å². The van der Waals surface area contributed by atoms with Crippen LogP contribution in [-0.2, 0) is 23.7 Å². The second-order valence-electron chi connectivity index (χ2n) is 9.38. The maximum atomic E-state index is 12.0. The van der Waals surface area contributed by atoms with E-state index in [-0.39, 0.29) is 6.42 Å². The third kappa shape index (κ3) is 8.05. The average Bonchev–Trinajstić information content (AvgIpc) is 2.80. The van der Waals surface area contributed by atoms with Crippen molar-refractivity contribution in [1.29, 1.82) is 0 Å². The minimum Gasteiger partial charge on any atom is -0.463 e. The first-order chi connectivity index (χ1) is 16.1. The van der Waals surface area contributed by atoms with Crippen LogP contribution in [0.3, 0.4) is 0 Å². The van der Waals surface area contributed by atoms with Crippen LogP contribution in [0.25, 0.3) is 0 Å². The number of ether oxygens (including phenoxy) is 4. The van der Waals surface area contributed by atoms with Crippen molar-refractivity contribution in [1.82, 2.24) is 0 Å². The Morgan fingerprint density at radius 3 is 1.85 bits per heavy atom. The lowest BCUT2D eigenvalue weighted by Crippen LogP contribution is -2.63. The quantitative estimate of drug-likeness (QED) is 0.118. The molecule has 0 aliphatic carbocycles. The number of esters is 1. The molecule has 0 aromatic heterocycles. The molecule has 12 nitrogen and oxygen atoms in total. The van der Waals surface area contributed by atoms with Crippen LogP contribution < -0.4 is 0 Å². The van der Waals surface area contributed by atoms with Crippen LogP contribution >= 0.6 is 0 Å². The molecule has 2 aliphatic heterocycles. The van der Waals surface area contributed by atoms with Gasteiger partial charge in [-0.05, 0) is 12.3 Å². The van der Waals surface area contributed by atoms with E-state index in [1.165, 1.54) is 0 Å². The molecule has 34 heavy (non-hydrogen) atoms. The number of aliphatic hydroxyl groups excluding tert-OH is 7. The molecule has 2 heterocycles. The minimum atomic E-state index is -1.76. The van der Waals surface area contributed by atoms with E-state index in [4.69, 9.17) is 18.9 Å². The van der Waals surface area contributed by atoms with E-state index in [0.717, 1.165) is 25.7 Å². The lowest BCUT2D eigenvalue weighted by Gasteiger charge is -2.44. The molecule has 0 aromatic rings. The largest absolute Gasteiger partial charge is 0.463 e. The van der Waals surface area contributed by atoms with Gasteiger partial charge in [0.05, 0.1) is 6.61 Å². The summed E-state index contributed by atoms with van der Waals surface area (Å²) in [7, 11) is 0. The molecular formula is C22H40O12. The molecule has 0 amide bonds. The fourth-order valence-electron chi connectivity index (χ4n) is 3.90. The third-order valence-corrected chi connectivity index (χ3v) is 6.11. The van der Waals surface area contributed by atoms with Crippen LogP contribution in [0.2, 0.25) is 0 Å². The summed E-state index contributed by atoms with van der Waals surface area (Å²) in [6.45, 7) is 3.23. The number of aliphatic hydroxyl groups is 7. The van der Waals surface area contributed by atoms with Crippen molar-refractivity contribution in [3.63, 3.8) is 0 Å². The summed E-state index contributed by atoms with van der Waals surface area (Å²) in [5.74, 6) is 0.154. The molecule has 2 saturated heterocycles. The number of rotatable bonds is 12. The van der Waals surface area contributed by atoms with Crippen molar-refractivity contribution >= 4 is 5.97 Å². The van der Waals surface area contributed by atoms with Crippen LogP contribution in [-0.4, -0.2) is 116 Å². The molecule has 0 aromatic carbocycles. The highest BCUT2D eigenvalue weighted by molar-refractivity contribution is 5.69. The monoisotopic (exact) mass is 496 g/mol. The average molecular weight is 497 g/mol. The second-order valence-corrected chi connectivity index (χ2v) is 9.38. The van der Waals surface area contributed by atoms with Gasteiger partial charge in [0.25, 0.3) is 0 Å². The Labute approximate surface area is 199 Å². The predicted octanol–water partition coefficient (Wildman–Crippen LogP) is -1.85. The first-order valence-corrected chi connectivity index (χ1v) is 11.9. The number of hydrogen-bond donors (Lipinski definition) is 7. The molecule has 0 spiro atoms. The smallest absolute Gasteiger partial charge is 0.305 e. The highest BCUT2D eigenvalue weighted by atomic mass is 16.8. The Morgan fingerprint density at radius 1 is 0.765 bits per heavy atom. The number of carbonyl (C=O) groups excluding carboxylic acids is 1. The van der Waals surface area contributed by atoms with Crippen molar-refractivity contribution in [3.05, 3.63) is 0 Å². The molecule has 0 saturated carbocycles. The molecule has 0 bridgehead atoms. The maximum Gasteiger partial charge on any atom is 0.305 e. The maximum absolute atomic E-state index is 12.0. The van der Waals surface area contributed by atoms with Gasteiger partial charge in [0, 0.05) is 6.42 Å². The Bertz CT molecular complexity index is 602. The second kappa shape index (κ2) is 14.0. The summed E-state index contributed by atoms with van der Waals surface area (Å²) in [4.78, 5) is 12.0. The number of unbranched alkanes of at least 4 members (excludes halogenated alkanes) is 3. The van der Waals surface area contributed by atoms with Crippen LogP contribution in [0.15, 0.2) is 0 Å². The molecule has 2 rings (SSSR count). The fourth-order valence-corrected chi connectivity index (χ4v) is 3.90. The van der Waals surface area contributed by atoms with Gasteiger partial charge in [-0.25, -0.2) is 0 Å². The zero-order valence-corrected chi connectivity index (χ0v) is 19.7. The summed E-state index contributed by atoms with van der Waals surface area (Å²) in [6.07, 6.45) is -10.9.